The van der Waals surface area contributed by atoms with Gasteiger partial charge in [-0.15, -0.1) is 0 Å². The molecule has 0 saturated carbocycles. The average Bonchev–Trinajstić information content (AvgIpc) is 2.93. The molecule has 1 aromatic heterocycles. The van der Waals surface area contributed by atoms with E-state index in [9.17, 15) is 4.79 Å². The predicted octanol–water partition coefficient (Wildman–Crippen LogP) is 7.23. The molecule has 0 spiro atoms. The van der Waals surface area contributed by atoms with E-state index in [0.717, 1.165) is 16.7 Å². The van der Waals surface area contributed by atoms with E-state index in [1.165, 1.54) is 4.68 Å². The first-order valence-electron chi connectivity index (χ1n) is 12.0. The van der Waals surface area contributed by atoms with Gasteiger partial charge in [-0.05, 0) is 55.0 Å². The first kappa shape index (κ1) is 25.5. The topological polar surface area (TPSA) is 65.7 Å². The predicted molar refractivity (Wildman–Crippen MR) is 153 cm³/mol. The van der Waals surface area contributed by atoms with Gasteiger partial charge in [0.1, 0.15) is 6.61 Å². The van der Waals surface area contributed by atoms with Gasteiger partial charge in [-0.3, -0.25) is 4.79 Å². The number of nitrogens with zero attached hydrogens (tertiary/aromatic N) is 3. The lowest BCUT2D eigenvalue weighted by atomic mass is 10.2. The van der Waals surface area contributed by atoms with Crippen LogP contribution in [0.1, 0.15) is 18.1 Å². The Balaban J connectivity index is 1.48. The Morgan fingerprint density at radius 1 is 0.895 bits per heavy atom. The first-order chi connectivity index (χ1) is 18.5. The summed E-state index contributed by atoms with van der Waals surface area (Å²) >= 11 is 12.3. The standard InChI is InChI=1S/C30H23Cl2N3O3/c1-2-37-28-16-20(12-15-27(28)38-19-22-13-14-23(31)17-25(22)32)18-33-35-29(21-8-4-3-5-9-21)34-26-11-7-6-10-24(26)30(35)36/h3-18H,2,19H2,1H3. The van der Waals surface area contributed by atoms with Crippen molar-refractivity contribution in [3.05, 3.63) is 123 Å². The molecule has 0 unspecified atom stereocenters. The number of aromatic nitrogens is 2. The first-order valence-corrected chi connectivity index (χ1v) is 12.7. The molecule has 4 aromatic carbocycles. The van der Waals surface area contributed by atoms with Crippen molar-refractivity contribution in [1.29, 1.82) is 0 Å². The highest BCUT2D eigenvalue weighted by Crippen LogP contribution is 2.30. The molecule has 5 aromatic rings. The van der Waals surface area contributed by atoms with Crippen LogP contribution in [-0.4, -0.2) is 22.5 Å². The highest BCUT2D eigenvalue weighted by Gasteiger charge is 2.13. The van der Waals surface area contributed by atoms with Crippen molar-refractivity contribution >= 4 is 40.3 Å². The van der Waals surface area contributed by atoms with Crippen molar-refractivity contribution in [3.63, 3.8) is 0 Å². The fraction of sp³-hybridized carbons (Fsp3) is 0.100. The lowest BCUT2D eigenvalue weighted by molar-refractivity contribution is 0.269. The van der Waals surface area contributed by atoms with E-state index in [2.05, 4.69) is 5.10 Å². The highest BCUT2D eigenvalue weighted by molar-refractivity contribution is 6.35. The van der Waals surface area contributed by atoms with Gasteiger partial charge in [-0.2, -0.15) is 9.78 Å². The van der Waals surface area contributed by atoms with Crippen molar-refractivity contribution in [3.8, 4) is 22.9 Å². The average molecular weight is 544 g/mol. The molecule has 5 rings (SSSR count). The van der Waals surface area contributed by atoms with Crippen molar-refractivity contribution in [2.75, 3.05) is 6.61 Å². The SMILES string of the molecule is CCOc1cc(C=Nn2c(-c3ccccc3)nc3ccccc3c2=O)ccc1OCc1ccc(Cl)cc1Cl. The van der Waals surface area contributed by atoms with Crippen LogP contribution >= 0.6 is 23.2 Å². The van der Waals surface area contributed by atoms with E-state index in [1.54, 1.807) is 30.5 Å². The maximum atomic E-state index is 13.4. The number of hydrogen-bond acceptors (Lipinski definition) is 5. The van der Waals surface area contributed by atoms with Crippen LogP contribution in [0.4, 0.5) is 0 Å². The second kappa shape index (κ2) is 11.5. The van der Waals surface area contributed by atoms with Gasteiger partial charge in [0.15, 0.2) is 17.3 Å². The second-order valence-electron chi connectivity index (χ2n) is 8.34. The van der Waals surface area contributed by atoms with Crippen molar-refractivity contribution in [2.45, 2.75) is 13.5 Å². The number of hydrogen-bond donors (Lipinski definition) is 0. The Kier molecular flexibility index (Phi) is 7.73. The van der Waals surface area contributed by atoms with Gasteiger partial charge in [-0.1, -0.05) is 71.7 Å². The van der Waals surface area contributed by atoms with Crippen LogP contribution in [0.2, 0.25) is 10.0 Å². The zero-order valence-corrected chi connectivity index (χ0v) is 22.0. The molecular formula is C30H23Cl2N3O3. The summed E-state index contributed by atoms with van der Waals surface area (Å²) in [5.74, 6) is 1.56. The molecule has 0 aliphatic rings. The second-order valence-corrected chi connectivity index (χ2v) is 9.19. The van der Waals surface area contributed by atoms with Crippen LogP contribution in [0.5, 0.6) is 11.5 Å². The van der Waals surface area contributed by atoms with E-state index in [4.69, 9.17) is 37.7 Å². The van der Waals surface area contributed by atoms with Crippen LogP contribution in [0.25, 0.3) is 22.3 Å². The third-order valence-corrected chi connectivity index (χ3v) is 6.36. The normalized spacial score (nSPS) is 11.2. The molecule has 0 aliphatic heterocycles. The summed E-state index contributed by atoms with van der Waals surface area (Å²) in [6.45, 7) is 2.60. The number of para-hydroxylation sites is 1. The van der Waals surface area contributed by atoms with E-state index >= 15 is 0 Å². The van der Waals surface area contributed by atoms with E-state index in [1.807, 2.05) is 73.7 Å². The Hall–Kier alpha value is -4.13. The number of halogens is 2. The van der Waals surface area contributed by atoms with Crippen molar-refractivity contribution in [2.24, 2.45) is 5.10 Å². The quantitative estimate of drug-likeness (QED) is 0.193. The number of benzene rings is 4. The van der Waals surface area contributed by atoms with Gasteiger partial charge in [-0.25, -0.2) is 4.98 Å². The van der Waals surface area contributed by atoms with E-state index < -0.39 is 0 Å². The molecule has 0 fully saturated rings. The molecule has 190 valence electrons. The van der Waals surface area contributed by atoms with Gasteiger partial charge in [0.2, 0.25) is 0 Å². The summed E-state index contributed by atoms with van der Waals surface area (Å²) in [6.07, 6.45) is 1.60. The monoisotopic (exact) mass is 543 g/mol. The van der Waals surface area contributed by atoms with Crippen molar-refractivity contribution < 1.29 is 9.47 Å². The largest absolute Gasteiger partial charge is 0.490 e. The summed E-state index contributed by atoms with van der Waals surface area (Å²) in [6, 6.07) is 27.5. The molecule has 1 heterocycles. The molecular weight excluding hydrogens is 521 g/mol. The van der Waals surface area contributed by atoms with Gasteiger partial charge in [0.05, 0.1) is 23.7 Å². The Labute approximate surface area is 229 Å². The number of rotatable bonds is 8. The molecule has 0 bridgehead atoms. The third kappa shape index (κ3) is 5.57. The van der Waals surface area contributed by atoms with Crippen molar-refractivity contribution in [1.82, 2.24) is 9.66 Å². The Bertz CT molecular complexity index is 1680. The lowest BCUT2D eigenvalue weighted by Crippen LogP contribution is -2.20. The molecule has 8 heteroatoms. The third-order valence-electron chi connectivity index (χ3n) is 5.77. The number of ether oxygens (including phenoxy) is 2. The maximum absolute atomic E-state index is 13.4. The minimum Gasteiger partial charge on any atom is -0.490 e. The summed E-state index contributed by atoms with van der Waals surface area (Å²) in [5, 5.41) is 6.12. The zero-order chi connectivity index (χ0) is 26.5. The molecule has 0 aliphatic carbocycles. The molecule has 0 amide bonds. The zero-order valence-electron chi connectivity index (χ0n) is 20.5. The van der Waals surface area contributed by atoms with E-state index in [0.29, 0.717) is 44.9 Å². The lowest BCUT2D eigenvalue weighted by Gasteiger charge is -2.13. The minimum atomic E-state index is -0.254. The summed E-state index contributed by atoms with van der Waals surface area (Å²) in [5.41, 5.74) is 2.68. The summed E-state index contributed by atoms with van der Waals surface area (Å²) < 4.78 is 13.1. The fourth-order valence-electron chi connectivity index (χ4n) is 3.92. The van der Waals surface area contributed by atoms with Crippen LogP contribution in [-0.2, 0) is 6.61 Å². The van der Waals surface area contributed by atoms with Crippen LogP contribution in [0, 0.1) is 0 Å². The molecule has 0 saturated heterocycles. The summed E-state index contributed by atoms with van der Waals surface area (Å²) in [4.78, 5) is 18.1. The van der Waals surface area contributed by atoms with E-state index in [-0.39, 0.29) is 12.2 Å². The van der Waals surface area contributed by atoms with Crippen LogP contribution in [0.3, 0.4) is 0 Å². The molecule has 38 heavy (non-hydrogen) atoms. The van der Waals surface area contributed by atoms with Gasteiger partial charge >= 0.3 is 0 Å². The molecule has 0 radical (unpaired) electrons. The van der Waals surface area contributed by atoms with Gasteiger partial charge in [0, 0.05) is 21.2 Å². The molecule has 0 atom stereocenters. The molecule has 6 nitrogen and oxygen atoms in total. The fourth-order valence-corrected chi connectivity index (χ4v) is 4.38. The number of fused-ring (bicyclic) bond motifs is 1. The van der Waals surface area contributed by atoms with Gasteiger partial charge < -0.3 is 9.47 Å². The highest BCUT2D eigenvalue weighted by atomic mass is 35.5. The van der Waals surface area contributed by atoms with Crippen LogP contribution < -0.4 is 15.0 Å². The van der Waals surface area contributed by atoms with Gasteiger partial charge in [0.25, 0.3) is 5.56 Å². The Morgan fingerprint density at radius 2 is 1.68 bits per heavy atom. The minimum absolute atomic E-state index is 0.252. The maximum Gasteiger partial charge on any atom is 0.282 e. The van der Waals surface area contributed by atoms with Crippen LogP contribution in [0.15, 0.2) is 101 Å². The molecule has 0 N–H and O–H groups in total. The smallest absolute Gasteiger partial charge is 0.282 e. The Morgan fingerprint density at radius 3 is 2.47 bits per heavy atom. The summed E-state index contributed by atoms with van der Waals surface area (Å²) in [7, 11) is 0.